The van der Waals surface area contributed by atoms with Gasteiger partial charge in [-0.2, -0.15) is 4.68 Å². The van der Waals surface area contributed by atoms with E-state index < -0.39 is 0 Å². The summed E-state index contributed by atoms with van der Waals surface area (Å²) in [5.74, 6) is -0.145. The largest absolute Gasteiger partial charge is 0.350 e. The van der Waals surface area contributed by atoms with Crippen LogP contribution in [0.4, 0.5) is 0 Å². The smallest absolute Gasteiger partial charge is 0.253 e. The number of hydrogen-bond donors (Lipinski definition) is 2. The van der Waals surface area contributed by atoms with Crippen LogP contribution in [0.2, 0.25) is 0 Å². The molecule has 0 aliphatic carbocycles. The maximum atomic E-state index is 12.2. The van der Waals surface area contributed by atoms with Gasteiger partial charge in [0.1, 0.15) is 6.33 Å². The zero-order valence-electron chi connectivity index (χ0n) is 11.3. The molecule has 0 aliphatic heterocycles. The predicted octanol–water partition coefficient (Wildman–Crippen LogP) is 0.422. The Labute approximate surface area is 123 Å². The number of nitrogens with one attached hydrogen (secondary N) is 2. The third-order valence-electron chi connectivity index (χ3n) is 2.81. The van der Waals surface area contributed by atoms with Crippen LogP contribution in [0.5, 0.6) is 0 Å². The molecule has 1 aromatic carbocycles. The molecule has 0 spiro atoms. The molecule has 1 heterocycles. The summed E-state index contributed by atoms with van der Waals surface area (Å²) >= 11 is 0. The van der Waals surface area contributed by atoms with E-state index in [9.17, 15) is 4.79 Å². The fraction of sp³-hybridized carbons (Fsp3) is 0.333. The first-order valence-electron chi connectivity index (χ1n) is 6.00. The fourth-order valence-electron chi connectivity index (χ4n) is 1.58. The molecule has 2 rings (SSSR count). The van der Waals surface area contributed by atoms with E-state index in [0.29, 0.717) is 17.8 Å². The van der Waals surface area contributed by atoms with E-state index in [1.54, 1.807) is 12.1 Å². The number of rotatable bonds is 5. The summed E-state index contributed by atoms with van der Waals surface area (Å²) < 4.78 is 1.47. The van der Waals surface area contributed by atoms with Crippen molar-refractivity contribution < 1.29 is 4.79 Å². The average Bonchev–Trinajstić information content (AvgIpc) is 2.98. The van der Waals surface area contributed by atoms with E-state index in [-0.39, 0.29) is 24.4 Å². The van der Waals surface area contributed by atoms with Crippen LogP contribution in [-0.2, 0) is 0 Å². The van der Waals surface area contributed by atoms with Crippen LogP contribution >= 0.6 is 12.4 Å². The lowest BCUT2D eigenvalue weighted by Gasteiger charge is -2.13. The molecule has 0 bridgehead atoms. The number of likely N-dealkylation sites (N-methyl/N-ethyl adjacent to an activating group) is 1. The van der Waals surface area contributed by atoms with Crippen molar-refractivity contribution in [1.82, 2.24) is 30.8 Å². The van der Waals surface area contributed by atoms with Gasteiger partial charge in [-0.1, -0.05) is 12.1 Å². The Hall–Kier alpha value is -1.99. The maximum absolute atomic E-state index is 12.2. The Bertz CT molecular complexity index is 545. The summed E-state index contributed by atoms with van der Waals surface area (Å²) in [5, 5.41) is 16.9. The number of hydrogen-bond acceptors (Lipinski definition) is 5. The molecule has 108 valence electrons. The van der Waals surface area contributed by atoms with Crippen LogP contribution in [0.3, 0.4) is 0 Å². The number of benzene rings is 1. The standard InChI is InChI=1S/C12H16N6O.ClH/c1-9(13-2)7-14-12(19)10-5-3-4-6-11(10)18-8-15-16-17-18;/h3-6,8-9,13H,7H2,1-2H3,(H,14,19);1H. The van der Waals surface area contributed by atoms with E-state index in [0.717, 1.165) is 0 Å². The molecule has 1 amide bonds. The lowest BCUT2D eigenvalue weighted by molar-refractivity contribution is 0.0950. The van der Waals surface area contributed by atoms with Gasteiger partial charge in [0, 0.05) is 12.6 Å². The highest BCUT2D eigenvalue weighted by Gasteiger charge is 2.13. The normalized spacial score (nSPS) is 11.5. The number of carbonyl (C=O) groups is 1. The van der Waals surface area contributed by atoms with Gasteiger partial charge < -0.3 is 10.6 Å². The van der Waals surface area contributed by atoms with Gasteiger partial charge in [-0.05, 0) is 36.5 Å². The highest BCUT2D eigenvalue weighted by atomic mass is 35.5. The van der Waals surface area contributed by atoms with Crippen LogP contribution in [0.1, 0.15) is 17.3 Å². The quantitative estimate of drug-likeness (QED) is 0.835. The molecule has 0 radical (unpaired) electrons. The molecule has 1 aromatic heterocycles. The van der Waals surface area contributed by atoms with E-state index in [4.69, 9.17) is 0 Å². The van der Waals surface area contributed by atoms with Crippen LogP contribution < -0.4 is 10.6 Å². The van der Waals surface area contributed by atoms with Crippen LogP contribution in [0, 0.1) is 0 Å². The van der Waals surface area contributed by atoms with Crippen LogP contribution in [0.25, 0.3) is 5.69 Å². The SMILES string of the molecule is CNC(C)CNC(=O)c1ccccc1-n1cnnn1.Cl. The Balaban J connectivity index is 0.00000200. The fourth-order valence-corrected chi connectivity index (χ4v) is 1.58. The second-order valence-electron chi connectivity index (χ2n) is 4.17. The molecule has 2 aromatic rings. The van der Waals surface area contributed by atoms with Crippen molar-refractivity contribution in [2.75, 3.05) is 13.6 Å². The van der Waals surface area contributed by atoms with Crippen molar-refractivity contribution in [3.8, 4) is 5.69 Å². The molecular formula is C12H17ClN6O. The number of para-hydroxylation sites is 1. The lowest BCUT2D eigenvalue weighted by Crippen LogP contribution is -2.37. The highest BCUT2D eigenvalue weighted by molar-refractivity contribution is 5.97. The van der Waals surface area contributed by atoms with Gasteiger partial charge in [0.05, 0.1) is 11.3 Å². The maximum Gasteiger partial charge on any atom is 0.253 e. The monoisotopic (exact) mass is 296 g/mol. The number of aromatic nitrogens is 4. The van der Waals surface area contributed by atoms with Crippen molar-refractivity contribution in [2.45, 2.75) is 13.0 Å². The van der Waals surface area contributed by atoms with Crippen molar-refractivity contribution in [2.24, 2.45) is 0 Å². The molecular weight excluding hydrogens is 280 g/mol. The van der Waals surface area contributed by atoms with Crippen LogP contribution in [-0.4, -0.2) is 45.7 Å². The molecule has 0 saturated heterocycles. The zero-order valence-corrected chi connectivity index (χ0v) is 12.1. The number of tetrazole rings is 1. The summed E-state index contributed by atoms with van der Waals surface area (Å²) in [6, 6.07) is 7.40. The van der Waals surface area contributed by atoms with Gasteiger partial charge in [0.15, 0.2) is 0 Å². The molecule has 20 heavy (non-hydrogen) atoms. The first kappa shape index (κ1) is 16.1. The van der Waals surface area contributed by atoms with Crippen molar-refractivity contribution in [1.29, 1.82) is 0 Å². The molecule has 2 N–H and O–H groups in total. The Morgan fingerprint density at radius 2 is 2.15 bits per heavy atom. The summed E-state index contributed by atoms with van der Waals surface area (Å²) in [7, 11) is 1.85. The zero-order chi connectivity index (χ0) is 13.7. The molecule has 1 atom stereocenters. The van der Waals surface area contributed by atoms with E-state index in [1.165, 1.54) is 11.0 Å². The van der Waals surface area contributed by atoms with Gasteiger partial charge in [0.25, 0.3) is 5.91 Å². The molecule has 1 unspecified atom stereocenters. The second-order valence-corrected chi connectivity index (χ2v) is 4.17. The summed E-state index contributed by atoms with van der Waals surface area (Å²) in [6.45, 7) is 2.55. The number of carbonyl (C=O) groups excluding carboxylic acids is 1. The minimum absolute atomic E-state index is 0. The molecule has 8 heteroatoms. The topological polar surface area (TPSA) is 84.7 Å². The summed E-state index contributed by atoms with van der Waals surface area (Å²) in [4.78, 5) is 12.2. The summed E-state index contributed by atoms with van der Waals surface area (Å²) in [5.41, 5.74) is 1.19. The Morgan fingerprint density at radius 3 is 2.80 bits per heavy atom. The van der Waals surface area contributed by atoms with Gasteiger partial charge >= 0.3 is 0 Å². The molecule has 0 aliphatic rings. The van der Waals surface area contributed by atoms with E-state index in [2.05, 4.69) is 26.2 Å². The molecule has 0 fully saturated rings. The van der Waals surface area contributed by atoms with Crippen molar-refractivity contribution in [3.05, 3.63) is 36.2 Å². The van der Waals surface area contributed by atoms with Gasteiger partial charge in [-0.3, -0.25) is 4.79 Å². The lowest BCUT2D eigenvalue weighted by atomic mass is 10.1. The van der Waals surface area contributed by atoms with Gasteiger partial charge in [0.2, 0.25) is 0 Å². The highest BCUT2D eigenvalue weighted by Crippen LogP contribution is 2.12. The van der Waals surface area contributed by atoms with Crippen molar-refractivity contribution >= 4 is 18.3 Å². The summed E-state index contributed by atoms with van der Waals surface area (Å²) in [6.07, 6.45) is 1.46. The van der Waals surface area contributed by atoms with Crippen LogP contribution in [0.15, 0.2) is 30.6 Å². The third kappa shape index (κ3) is 3.75. The Morgan fingerprint density at radius 1 is 1.40 bits per heavy atom. The van der Waals surface area contributed by atoms with Gasteiger partial charge in [-0.15, -0.1) is 17.5 Å². The van der Waals surface area contributed by atoms with Crippen molar-refractivity contribution in [3.63, 3.8) is 0 Å². The first-order valence-corrected chi connectivity index (χ1v) is 6.00. The third-order valence-corrected chi connectivity index (χ3v) is 2.81. The Kier molecular flexibility index (Phi) is 6.08. The minimum Gasteiger partial charge on any atom is -0.350 e. The first-order chi connectivity index (χ1) is 9.22. The van der Waals surface area contributed by atoms with Gasteiger partial charge in [-0.25, -0.2) is 0 Å². The average molecular weight is 297 g/mol. The second kappa shape index (κ2) is 7.56. The number of halogens is 1. The number of amides is 1. The number of nitrogens with zero attached hydrogens (tertiary/aromatic N) is 4. The minimum atomic E-state index is -0.145. The van der Waals surface area contributed by atoms with E-state index in [1.807, 2.05) is 26.1 Å². The molecule has 0 saturated carbocycles. The van der Waals surface area contributed by atoms with E-state index >= 15 is 0 Å². The molecule has 7 nitrogen and oxygen atoms in total. The predicted molar refractivity (Wildman–Crippen MR) is 77.3 cm³/mol.